The number of rotatable bonds is 8. The van der Waals surface area contributed by atoms with Crippen molar-refractivity contribution < 1.29 is 27.4 Å². The zero-order valence-electron chi connectivity index (χ0n) is 27.3. The van der Waals surface area contributed by atoms with E-state index in [-0.39, 0.29) is 17.6 Å². The van der Waals surface area contributed by atoms with Gasteiger partial charge in [0, 0.05) is 63.1 Å². The van der Waals surface area contributed by atoms with E-state index in [9.17, 15) is 23.2 Å². The summed E-state index contributed by atoms with van der Waals surface area (Å²) in [6.45, 7) is 12.7. The number of nitriles is 1. The molecule has 1 aliphatic carbocycles. The van der Waals surface area contributed by atoms with Crippen LogP contribution in [-0.2, 0) is 17.7 Å². The lowest BCUT2D eigenvalue weighted by Gasteiger charge is -2.38. The molecule has 13 heteroatoms. The van der Waals surface area contributed by atoms with E-state index >= 15 is 0 Å². The number of anilines is 2. The van der Waals surface area contributed by atoms with Gasteiger partial charge >= 0.3 is 12.3 Å². The molecule has 2 aliphatic heterocycles. The molecule has 2 atom stereocenters. The lowest BCUT2D eigenvalue weighted by Crippen LogP contribution is -2.50. The van der Waals surface area contributed by atoms with Crippen LogP contribution in [0.1, 0.15) is 45.4 Å². The average molecular weight is 654 g/mol. The number of ether oxygens (including phenoxy) is 2. The summed E-state index contributed by atoms with van der Waals surface area (Å²) < 4.78 is 52.4. The van der Waals surface area contributed by atoms with Crippen LogP contribution in [0.2, 0.25) is 0 Å². The molecule has 0 spiro atoms. The minimum atomic E-state index is -4.59. The number of carbonyl (C=O) groups is 1. The van der Waals surface area contributed by atoms with Gasteiger partial charge in [-0.1, -0.05) is 19.1 Å². The maximum atomic E-state index is 13.7. The van der Waals surface area contributed by atoms with Crippen LogP contribution in [0.25, 0.3) is 0 Å². The van der Waals surface area contributed by atoms with Crippen molar-refractivity contribution >= 4 is 17.6 Å². The van der Waals surface area contributed by atoms with Crippen molar-refractivity contribution in [2.45, 2.75) is 64.9 Å². The monoisotopic (exact) mass is 653 g/mol. The number of hydrogen-bond donors (Lipinski definition) is 1. The van der Waals surface area contributed by atoms with E-state index < -0.39 is 23.4 Å². The first-order valence-electron chi connectivity index (χ1n) is 16.0. The van der Waals surface area contributed by atoms with Crippen LogP contribution in [0.5, 0.6) is 5.75 Å². The third kappa shape index (κ3) is 8.81. The van der Waals surface area contributed by atoms with Crippen LogP contribution in [0.4, 0.5) is 29.5 Å². The van der Waals surface area contributed by atoms with Crippen molar-refractivity contribution in [1.82, 2.24) is 24.7 Å². The number of carbonyl (C=O) groups excluding carboxylic acids is 1. The molecule has 1 saturated heterocycles. The molecule has 0 saturated carbocycles. The van der Waals surface area contributed by atoms with E-state index in [0.717, 1.165) is 48.7 Å². The number of hydrogen-bond acceptors (Lipinski definition) is 9. The summed E-state index contributed by atoms with van der Waals surface area (Å²) >= 11 is 0. The first-order chi connectivity index (χ1) is 22.3. The summed E-state index contributed by atoms with van der Waals surface area (Å²) in [4.78, 5) is 27.2. The van der Waals surface area contributed by atoms with E-state index in [4.69, 9.17) is 9.47 Å². The summed E-state index contributed by atoms with van der Waals surface area (Å²) in [6, 6.07) is 8.84. The Kier molecular flexibility index (Phi) is 10.4. The molecular weight excluding hydrogens is 611 g/mol. The minimum Gasteiger partial charge on any atom is -0.494 e. The highest BCUT2D eigenvalue weighted by Crippen LogP contribution is 2.38. The van der Waals surface area contributed by atoms with Crippen molar-refractivity contribution in [3.05, 3.63) is 65.1 Å². The van der Waals surface area contributed by atoms with Crippen molar-refractivity contribution in [3.63, 3.8) is 0 Å². The van der Waals surface area contributed by atoms with Gasteiger partial charge < -0.3 is 19.7 Å². The Morgan fingerprint density at radius 3 is 2.45 bits per heavy atom. The zero-order chi connectivity index (χ0) is 33.8. The fraction of sp³-hybridized carbons (Fsp3) is 0.529. The van der Waals surface area contributed by atoms with E-state index in [1.54, 1.807) is 11.0 Å². The van der Waals surface area contributed by atoms with Gasteiger partial charge in [0.15, 0.2) is 0 Å². The van der Waals surface area contributed by atoms with Gasteiger partial charge in [-0.3, -0.25) is 9.80 Å². The first kappa shape index (κ1) is 34.2. The second kappa shape index (κ2) is 14.3. The second-order valence-corrected chi connectivity index (χ2v) is 13.1. The van der Waals surface area contributed by atoms with Gasteiger partial charge in [-0.15, -0.1) is 0 Å². The van der Waals surface area contributed by atoms with Crippen molar-refractivity contribution in [3.8, 4) is 11.8 Å². The standard InChI is InChI=1S/C34H42F3N7O3/c1-23-18-24(20-38)28(34(35,36)37)19-30(23)44-12-10-27-29(21-44)39-22-40-31(27)41-25-6-8-26(9-7-25)46-17-5-11-42-13-15-43(16-14-42)32(45)47-33(2,3)4/h6-9,18-19,22-23,30H,5,10-17,21H2,1-4H3,(H,39,40,41). The van der Waals surface area contributed by atoms with Crippen molar-refractivity contribution in [2.75, 3.05) is 51.2 Å². The molecule has 47 heavy (non-hydrogen) atoms. The van der Waals surface area contributed by atoms with Gasteiger partial charge in [-0.2, -0.15) is 18.4 Å². The molecule has 1 fully saturated rings. The topological polar surface area (TPSA) is 107 Å². The fourth-order valence-corrected chi connectivity index (χ4v) is 6.11. The summed E-state index contributed by atoms with van der Waals surface area (Å²) in [5.41, 5.74) is 0.844. The molecule has 1 N–H and O–H groups in total. The highest BCUT2D eigenvalue weighted by atomic mass is 19.4. The molecule has 3 aliphatic rings. The number of nitrogens with one attached hydrogen (secondary N) is 1. The molecule has 1 aromatic heterocycles. The maximum absolute atomic E-state index is 13.7. The van der Waals surface area contributed by atoms with Gasteiger partial charge in [0.25, 0.3) is 0 Å². The molecule has 0 bridgehead atoms. The summed E-state index contributed by atoms with van der Waals surface area (Å²) in [5.74, 6) is 1.18. The number of piperazine rings is 1. The molecule has 0 radical (unpaired) electrons. The number of fused-ring (bicyclic) bond motifs is 1. The van der Waals surface area contributed by atoms with E-state index in [1.807, 2.05) is 56.9 Å². The van der Waals surface area contributed by atoms with Gasteiger partial charge in [-0.25, -0.2) is 14.8 Å². The molecule has 2 unspecified atom stereocenters. The molecular formula is C34H42F3N7O3. The largest absolute Gasteiger partial charge is 0.494 e. The van der Waals surface area contributed by atoms with Crippen LogP contribution < -0.4 is 10.1 Å². The molecule has 1 aromatic carbocycles. The Morgan fingerprint density at radius 1 is 1.06 bits per heavy atom. The minimum absolute atomic E-state index is 0.251. The first-order valence-corrected chi connectivity index (χ1v) is 16.0. The molecule has 10 nitrogen and oxygen atoms in total. The molecule has 2 aromatic rings. The van der Waals surface area contributed by atoms with Gasteiger partial charge in [0.1, 0.15) is 23.5 Å². The quantitative estimate of drug-likeness (QED) is 0.351. The van der Waals surface area contributed by atoms with E-state index in [2.05, 4.69) is 20.2 Å². The Hall–Kier alpha value is -4.15. The number of amides is 1. The summed E-state index contributed by atoms with van der Waals surface area (Å²) in [7, 11) is 0. The van der Waals surface area contributed by atoms with Crippen LogP contribution in [0.15, 0.2) is 53.9 Å². The highest BCUT2D eigenvalue weighted by Gasteiger charge is 2.41. The zero-order valence-corrected chi connectivity index (χ0v) is 27.3. The third-order valence-corrected chi connectivity index (χ3v) is 8.51. The van der Waals surface area contributed by atoms with Gasteiger partial charge in [-0.05, 0) is 63.8 Å². The highest BCUT2D eigenvalue weighted by molar-refractivity contribution is 5.68. The SMILES string of the molecule is CC1C=C(C#N)C(C(F)(F)F)=CC1N1CCc2c(ncnc2Nc2ccc(OCCCN3CCN(C(=O)OC(C)(C)C)CC3)cc2)C1. The number of alkyl halides is 3. The maximum Gasteiger partial charge on any atom is 0.417 e. The number of benzene rings is 1. The van der Waals surface area contributed by atoms with Gasteiger partial charge in [0.2, 0.25) is 0 Å². The predicted molar refractivity (Wildman–Crippen MR) is 171 cm³/mol. The van der Waals surface area contributed by atoms with Crippen molar-refractivity contribution in [1.29, 1.82) is 5.26 Å². The lowest BCUT2D eigenvalue weighted by atomic mass is 9.86. The fourth-order valence-electron chi connectivity index (χ4n) is 6.11. The van der Waals surface area contributed by atoms with Crippen LogP contribution in [0, 0.1) is 17.2 Å². The predicted octanol–water partition coefficient (Wildman–Crippen LogP) is 5.86. The summed E-state index contributed by atoms with van der Waals surface area (Å²) in [6.07, 6.45) is 0.659. The summed E-state index contributed by atoms with van der Waals surface area (Å²) in [5, 5.41) is 12.6. The van der Waals surface area contributed by atoms with E-state index in [1.165, 1.54) is 18.5 Å². The van der Waals surface area contributed by atoms with Gasteiger partial charge in [0.05, 0.1) is 29.5 Å². The van der Waals surface area contributed by atoms with Crippen LogP contribution in [0.3, 0.4) is 0 Å². The lowest BCUT2D eigenvalue weighted by molar-refractivity contribution is -0.0901. The molecule has 3 heterocycles. The molecule has 1 amide bonds. The Bertz CT molecular complexity index is 1520. The molecule has 5 rings (SSSR count). The second-order valence-electron chi connectivity index (χ2n) is 13.1. The van der Waals surface area contributed by atoms with Crippen LogP contribution >= 0.6 is 0 Å². The Labute approximate surface area is 273 Å². The number of nitrogens with zero attached hydrogens (tertiary/aromatic N) is 6. The normalized spacial score (nSPS) is 20.9. The smallest absolute Gasteiger partial charge is 0.417 e. The average Bonchev–Trinajstić information content (AvgIpc) is 3.02. The molecule has 252 valence electrons. The van der Waals surface area contributed by atoms with E-state index in [0.29, 0.717) is 45.0 Å². The Morgan fingerprint density at radius 2 is 1.79 bits per heavy atom. The van der Waals surface area contributed by atoms with Crippen molar-refractivity contribution in [2.24, 2.45) is 5.92 Å². The number of halogens is 3. The number of aromatic nitrogens is 2. The number of allylic oxidation sites excluding steroid dienone is 2. The Balaban J connectivity index is 1.09. The third-order valence-electron chi connectivity index (χ3n) is 8.51. The van der Waals surface area contributed by atoms with Crippen LogP contribution in [-0.4, -0.2) is 94.5 Å².